The Kier molecular flexibility index (Phi) is 6.13. The molecular formula is C17H21N3O2. The number of phenolic OH excluding ortho intramolecular Hbond substituents is 1. The molecule has 4 N–H and O–H groups in total. The minimum absolute atomic E-state index is 0.0688. The zero-order valence-corrected chi connectivity index (χ0v) is 13.0. The number of allylic oxidation sites excluding steroid dienone is 5. The van der Waals surface area contributed by atoms with Crippen LogP contribution >= 0.6 is 0 Å². The number of hydrogen-bond acceptors (Lipinski definition) is 4. The number of aromatic hydroxyl groups is 1. The van der Waals surface area contributed by atoms with Crippen molar-refractivity contribution >= 4 is 17.8 Å². The zero-order valence-electron chi connectivity index (χ0n) is 13.0. The molecule has 5 heteroatoms. The lowest BCUT2D eigenvalue weighted by atomic mass is 10.00. The van der Waals surface area contributed by atoms with Gasteiger partial charge >= 0.3 is 0 Å². The molecule has 0 atom stereocenters. The summed E-state index contributed by atoms with van der Waals surface area (Å²) in [6.45, 7) is 5.20. The monoisotopic (exact) mass is 299 g/mol. The second kappa shape index (κ2) is 7.83. The number of phenols is 1. The Balaban J connectivity index is 3.40. The van der Waals surface area contributed by atoms with E-state index >= 15 is 0 Å². The third-order valence-corrected chi connectivity index (χ3v) is 2.92. The Morgan fingerprint density at radius 2 is 2.05 bits per heavy atom. The molecule has 0 saturated carbocycles. The average molecular weight is 299 g/mol. The summed E-state index contributed by atoms with van der Waals surface area (Å²) in [6, 6.07) is 6.36. The number of benzene rings is 1. The first kappa shape index (κ1) is 17.2. The molecule has 0 unspecified atom stereocenters. The number of anilines is 1. The predicted octanol–water partition coefficient (Wildman–Crippen LogP) is 3.09. The first-order valence-corrected chi connectivity index (χ1v) is 6.80. The topological polar surface area (TPSA) is 90.4 Å². The molecule has 0 heterocycles. The molecule has 116 valence electrons. The highest BCUT2D eigenvalue weighted by molar-refractivity contribution is 6.01. The van der Waals surface area contributed by atoms with Crippen LogP contribution in [0.1, 0.15) is 20.8 Å². The maximum absolute atomic E-state index is 11.4. The molecule has 0 bridgehead atoms. The summed E-state index contributed by atoms with van der Waals surface area (Å²) >= 11 is 0. The van der Waals surface area contributed by atoms with Gasteiger partial charge in [-0.2, -0.15) is 0 Å². The van der Waals surface area contributed by atoms with Gasteiger partial charge in [-0.25, -0.2) is 0 Å². The van der Waals surface area contributed by atoms with Gasteiger partial charge in [0.2, 0.25) is 6.41 Å². The molecule has 0 aliphatic carbocycles. The molecule has 0 aliphatic rings. The van der Waals surface area contributed by atoms with Gasteiger partial charge in [-0.15, -0.1) is 0 Å². The van der Waals surface area contributed by atoms with Crippen LogP contribution in [0.3, 0.4) is 0 Å². The molecule has 0 radical (unpaired) electrons. The maximum Gasteiger partial charge on any atom is 0.218 e. The van der Waals surface area contributed by atoms with Gasteiger partial charge in [0.25, 0.3) is 0 Å². The van der Waals surface area contributed by atoms with Gasteiger partial charge < -0.3 is 16.2 Å². The number of nitrogens with two attached hydrogens (primary N) is 1. The summed E-state index contributed by atoms with van der Waals surface area (Å²) in [5, 5.41) is 17.4. The quantitative estimate of drug-likeness (QED) is 0.428. The second-order valence-corrected chi connectivity index (χ2v) is 4.80. The van der Waals surface area contributed by atoms with E-state index in [4.69, 9.17) is 11.1 Å². The molecule has 1 aromatic carbocycles. The Morgan fingerprint density at radius 1 is 1.36 bits per heavy atom. The van der Waals surface area contributed by atoms with Gasteiger partial charge in [0.05, 0.1) is 5.69 Å². The van der Waals surface area contributed by atoms with Crippen LogP contribution in [0.4, 0.5) is 5.69 Å². The van der Waals surface area contributed by atoms with Crippen LogP contribution in [-0.2, 0) is 4.79 Å². The van der Waals surface area contributed by atoms with E-state index in [9.17, 15) is 9.90 Å². The third-order valence-electron chi connectivity index (χ3n) is 2.92. The number of rotatable bonds is 6. The fraction of sp³-hybridized carbons (Fsp3) is 0.176. The number of amides is 1. The molecule has 0 aliphatic heterocycles. The number of carbonyl (C=O) groups is 1. The summed E-state index contributed by atoms with van der Waals surface area (Å²) < 4.78 is 0. The van der Waals surface area contributed by atoms with Crippen LogP contribution < -0.4 is 10.6 Å². The van der Waals surface area contributed by atoms with Crippen molar-refractivity contribution in [1.82, 2.24) is 0 Å². The lowest BCUT2D eigenvalue weighted by molar-refractivity contribution is -0.106. The molecule has 1 amide bonds. The van der Waals surface area contributed by atoms with Crippen LogP contribution in [0.25, 0.3) is 0 Å². The first-order valence-electron chi connectivity index (χ1n) is 6.80. The lowest BCUT2D eigenvalue weighted by Crippen LogP contribution is -2.16. The fourth-order valence-electron chi connectivity index (χ4n) is 2.08. The van der Waals surface area contributed by atoms with E-state index in [1.54, 1.807) is 38.3 Å². The Morgan fingerprint density at radius 3 is 2.50 bits per heavy atom. The van der Waals surface area contributed by atoms with Gasteiger partial charge in [-0.1, -0.05) is 18.2 Å². The molecule has 0 saturated heterocycles. The lowest BCUT2D eigenvalue weighted by Gasteiger charge is -2.17. The SMILES string of the molecule is C\C=C/C(=C\N(C=O)c1cccc(O)c1)C(/C(C)=N)=C(\C)N. The number of carbonyl (C=O) groups excluding carboxylic acids is 1. The van der Waals surface area contributed by atoms with Crippen molar-refractivity contribution in [2.24, 2.45) is 5.73 Å². The van der Waals surface area contributed by atoms with E-state index in [0.717, 1.165) is 0 Å². The minimum atomic E-state index is 0.0688. The van der Waals surface area contributed by atoms with Gasteiger partial charge in [0.1, 0.15) is 5.75 Å². The number of nitrogens with one attached hydrogen (secondary N) is 1. The normalized spacial score (nSPS) is 13.0. The van der Waals surface area contributed by atoms with Crippen LogP contribution in [0.15, 0.2) is 59.5 Å². The van der Waals surface area contributed by atoms with Crippen molar-refractivity contribution in [3.63, 3.8) is 0 Å². The number of nitrogens with zero attached hydrogens (tertiary/aromatic N) is 1. The highest BCUT2D eigenvalue weighted by atomic mass is 16.3. The van der Waals surface area contributed by atoms with Crippen molar-refractivity contribution < 1.29 is 9.90 Å². The Hall–Kier alpha value is -2.82. The molecule has 22 heavy (non-hydrogen) atoms. The van der Waals surface area contributed by atoms with Crippen molar-refractivity contribution in [3.05, 3.63) is 59.5 Å². The summed E-state index contributed by atoms with van der Waals surface area (Å²) in [7, 11) is 0. The molecule has 5 nitrogen and oxygen atoms in total. The van der Waals surface area contributed by atoms with Crippen molar-refractivity contribution in [2.45, 2.75) is 20.8 Å². The van der Waals surface area contributed by atoms with E-state index < -0.39 is 0 Å². The van der Waals surface area contributed by atoms with E-state index in [1.807, 2.05) is 13.0 Å². The van der Waals surface area contributed by atoms with Gasteiger partial charge in [-0.3, -0.25) is 9.69 Å². The molecule has 1 rings (SSSR count). The summed E-state index contributed by atoms with van der Waals surface area (Å²) in [5.41, 5.74) is 8.42. The highest BCUT2D eigenvalue weighted by Crippen LogP contribution is 2.22. The Labute approximate surface area is 130 Å². The zero-order chi connectivity index (χ0) is 16.7. The fourth-order valence-corrected chi connectivity index (χ4v) is 2.08. The van der Waals surface area contributed by atoms with Crippen molar-refractivity contribution in [3.8, 4) is 5.75 Å². The highest BCUT2D eigenvalue weighted by Gasteiger charge is 2.11. The molecular weight excluding hydrogens is 278 g/mol. The standard InChI is InChI=1S/C17H21N3O2/c1-4-6-14(17(12(2)18)13(3)19)10-20(11-21)15-7-5-8-16(22)9-15/h4-11,18,22H,19H2,1-3H3/b6-4-,14-10+,17-13+,18-12?. The van der Waals surface area contributed by atoms with E-state index in [0.29, 0.717) is 34.7 Å². The summed E-state index contributed by atoms with van der Waals surface area (Å²) in [4.78, 5) is 12.7. The molecule has 0 aromatic heterocycles. The van der Waals surface area contributed by atoms with Gasteiger partial charge in [-0.05, 0) is 32.9 Å². The molecule has 1 aromatic rings. The maximum atomic E-state index is 11.4. The van der Waals surface area contributed by atoms with Gasteiger partial charge in [0.15, 0.2) is 0 Å². The summed E-state index contributed by atoms with van der Waals surface area (Å²) in [5.74, 6) is 0.0688. The second-order valence-electron chi connectivity index (χ2n) is 4.80. The van der Waals surface area contributed by atoms with E-state index in [2.05, 4.69) is 0 Å². The smallest absolute Gasteiger partial charge is 0.218 e. The number of hydrogen-bond donors (Lipinski definition) is 3. The Bertz CT molecular complexity index is 654. The van der Waals surface area contributed by atoms with E-state index in [-0.39, 0.29) is 5.75 Å². The predicted molar refractivity (Wildman–Crippen MR) is 89.8 cm³/mol. The van der Waals surface area contributed by atoms with Crippen LogP contribution in [0.2, 0.25) is 0 Å². The van der Waals surface area contributed by atoms with Crippen LogP contribution in [0.5, 0.6) is 5.75 Å². The van der Waals surface area contributed by atoms with Crippen molar-refractivity contribution in [1.29, 1.82) is 5.41 Å². The van der Waals surface area contributed by atoms with E-state index in [1.165, 1.54) is 17.0 Å². The van der Waals surface area contributed by atoms with Crippen LogP contribution in [-0.4, -0.2) is 17.2 Å². The first-order chi connectivity index (χ1) is 10.4. The largest absolute Gasteiger partial charge is 0.508 e. The average Bonchev–Trinajstić information content (AvgIpc) is 2.43. The summed E-state index contributed by atoms with van der Waals surface area (Å²) in [6.07, 6.45) is 5.82. The molecule has 0 fully saturated rings. The minimum Gasteiger partial charge on any atom is -0.508 e. The van der Waals surface area contributed by atoms with Crippen molar-refractivity contribution in [2.75, 3.05) is 4.90 Å². The molecule has 0 spiro atoms. The van der Waals surface area contributed by atoms with Gasteiger partial charge in [0, 0.05) is 34.8 Å². The van der Waals surface area contributed by atoms with Crippen LogP contribution in [0, 0.1) is 5.41 Å². The third kappa shape index (κ3) is 4.34.